The Morgan fingerprint density at radius 3 is 2.73 bits per heavy atom. The third-order valence-electron chi connectivity index (χ3n) is 3.01. The van der Waals surface area contributed by atoms with E-state index in [0.29, 0.717) is 5.92 Å². The zero-order valence-corrected chi connectivity index (χ0v) is 6.75. The van der Waals surface area contributed by atoms with Gasteiger partial charge in [-0.1, -0.05) is 12.8 Å². The SMILES string of the molecule is O=C1CC2CCCCC2C[N]1. The molecule has 1 aliphatic heterocycles. The van der Waals surface area contributed by atoms with Crippen LogP contribution in [0, 0.1) is 11.8 Å². The Balaban J connectivity index is 1.98. The number of hydrogen-bond acceptors (Lipinski definition) is 1. The highest BCUT2D eigenvalue weighted by Gasteiger charge is 2.31. The molecule has 1 saturated heterocycles. The molecule has 0 bridgehead atoms. The van der Waals surface area contributed by atoms with E-state index < -0.39 is 0 Å². The lowest BCUT2D eigenvalue weighted by atomic mass is 9.75. The lowest BCUT2D eigenvalue weighted by molar-refractivity contribution is -0.125. The Morgan fingerprint density at radius 1 is 1.18 bits per heavy atom. The number of rotatable bonds is 0. The fraction of sp³-hybridized carbons (Fsp3) is 0.889. The first-order chi connectivity index (χ1) is 5.36. The van der Waals surface area contributed by atoms with Crippen LogP contribution in [0.1, 0.15) is 32.1 Å². The summed E-state index contributed by atoms with van der Waals surface area (Å²) in [6, 6.07) is 0. The minimum Gasteiger partial charge on any atom is -0.273 e. The molecule has 2 aliphatic rings. The molecule has 2 atom stereocenters. The number of piperidine rings is 1. The fourth-order valence-corrected chi connectivity index (χ4v) is 2.30. The second-order valence-corrected chi connectivity index (χ2v) is 3.74. The molecule has 2 unspecified atom stereocenters. The van der Waals surface area contributed by atoms with Gasteiger partial charge in [0.25, 0.3) is 0 Å². The molecule has 2 heteroatoms. The second-order valence-electron chi connectivity index (χ2n) is 3.74. The van der Waals surface area contributed by atoms with Gasteiger partial charge in [0.1, 0.15) is 0 Å². The fourth-order valence-electron chi connectivity index (χ4n) is 2.30. The van der Waals surface area contributed by atoms with Gasteiger partial charge < -0.3 is 0 Å². The monoisotopic (exact) mass is 152 g/mol. The smallest absolute Gasteiger partial charge is 0.241 e. The molecule has 0 N–H and O–H groups in total. The van der Waals surface area contributed by atoms with E-state index in [2.05, 4.69) is 5.32 Å². The van der Waals surface area contributed by atoms with Crippen LogP contribution in [-0.4, -0.2) is 12.5 Å². The van der Waals surface area contributed by atoms with Crippen molar-refractivity contribution in [3.05, 3.63) is 0 Å². The van der Waals surface area contributed by atoms with Crippen molar-refractivity contribution in [3.63, 3.8) is 0 Å². The van der Waals surface area contributed by atoms with E-state index in [-0.39, 0.29) is 5.91 Å². The third-order valence-corrected chi connectivity index (χ3v) is 3.01. The molecule has 61 valence electrons. The lowest BCUT2D eigenvalue weighted by Gasteiger charge is -2.33. The summed E-state index contributed by atoms with van der Waals surface area (Å²) in [5, 5.41) is 3.98. The molecule has 0 aromatic carbocycles. The predicted molar refractivity (Wildman–Crippen MR) is 42.1 cm³/mol. The Labute approximate surface area is 67.4 Å². The highest BCUT2D eigenvalue weighted by molar-refractivity contribution is 5.76. The standard InChI is InChI=1S/C9H14NO/c11-9-5-7-3-1-2-4-8(7)6-10-9/h7-8H,1-6H2. The van der Waals surface area contributed by atoms with Crippen molar-refractivity contribution >= 4 is 5.91 Å². The summed E-state index contributed by atoms with van der Waals surface area (Å²) in [6.07, 6.45) is 6.00. The van der Waals surface area contributed by atoms with Gasteiger partial charge in [0, 0.05) is 13.0 Å². The predicted octanol–water partition coefficient (Wildman–Crippen LogP) is 1.33. The van der Waals surface area contributed by atoms with Crippen molar-refractivity contribution in [1.29, 1.82) is 0 Å². The Morgan fingerprint density at radius 2 is 1.91 bits per heavy atom. The van der Waals surface area contributed by atoms with Crippen molar-refractivity contribution < 1.29 is 4.79 Å². The Kier molecular flexibility index (Phi) is 1.84. The van der Waals surface area contributed by atoms with E-state index in [1.54, 1.807) is 0 Å². The van der Waals surface area contributed by atoms with Crippen molar-refractivity contribution in [1.82, 2.24) is 5.32 Å². The Bertz CT molecular complexity index is 167. The van der Waals surface area contributed by atoms with Gasteiger partial charge in [-0.05, 0) is 24.7 Å². The summed E-state index contributed by atoms with van der Waals surface area (Å²) in [5.41, 5.74) is 0. The molecule has 1 radical (unpaired) electrons. The number of amides is 1. The summed E-state index contributed by atoms with van der Waals surface area (Å²) >= 11 is 0. The van der Waals surface area contributed by atoms with Crippen molar-refractivity contribution in [3.8, 4) is 0 Å². The molecular formula is C9H14NO. The topological polar surface area (TPSA) is 31.2 Å². The number of hydrogen-bond donors (Lipinski definition) is 0. The number of carbonyl (C=O) groups is 1. The maximum Gasteiger partial charge on any atom is 0.241 e. The van der Waals surface area contributed by atoms with Gasteiger partial charge in [-0.15, -0.1) is 0 Å². The van der Waals surface area contributed by atoms with Gasteiger partial charge in [-0.3, -0.25) is 10.1 Å². The van der Waals surface area contributed by atoms with Gasteiger partial charge in [-0.2, -0.15) is 0 Å². The minimum atomic E-state index is 0.146. The minimum absolute atomic E-state index is 0.146. The number of carbonyl (C=O) groups excluding carboxylic acids is 1. The molecule has 2 nitrogen and oxygen atoms in total. The van der Waals surface area contributed by atoms with Gasteiger partial charge >= 0.3 is 0 Å². The summed E-state index contributed by atoms with van der Waals surface area (Å²) in [5.74, 6) is 1.59. The van der Waals surface area contributed by atoms with Crippen LogP contribution in [0.25, 0.3) is 0 Å². The zero-order chi connectivity index (χ0) is 7.68. The van der Waals surface area contributed by atoms with Crippen LogP contribution in [0.3, 0.4) is 0 Å². The zero-order valence-electron chi connectivity index (χ0n) is 6.75. The number of nitrogens with zero attached hydrogens (tertiary/aromatic N) is 1. The van der Waals surface area contributed by atoms with E-state index in [0.717, 1.165) is 18.9 Å². The Hall–Kier alpha value is -0.530. The lowest BCUT2D eigenvalue weighted by Crippen LogP contribution is -2.37. The average Bonchev–Trinajstić information content (AvgIpc) is 2.04. The van der Waals surface area contributed by atoms with Crippen molar-refractivity contribution in [2.75, 3.05) is 6.54 Å². The highest BCUT2D eigenvalue weighted by Crippen LogP contribution is 2.34. The van der Waals surface area contributed by atoms with E-state index in [4.69, 9.17) is 0 Å². The first-order valence-electron chi connectivity index (χ1n) is 4.56. The summed E-state index contributed by atoms with van der Waals surface area (Å²) in [7, 11) is 0. The van der Waals surface area contributed by atoms with Crippen LogP contribution in [0.4, 0.5) is 0 Å². The summed E-state index contributed by atoms with van der Waals surface area (Å²) in [4.78, 5) is 11.0. The average molecular weight is 152 g/mol. The van der Waals surface area contributed by atoms with Crippen LogP contribution >= 0.6 is 0 Å². The molecule has 1 aliphatic carbocycles. The van der Waals surface area contributed by atoms with Crippen LogP contribution in [0.2, 0.25) is 0 Å². The van der Waals surface area contributed by atoms with Gasteiger partial charge in [0.15, 0.2) is 0 Å². The van der Waals surface area contributed by atoms with Crippen LogP contribution in [0.5, 0.6) is 0 Å². The number of fused-ring (bicyclic) bond motifs is 1. The molecule has 0 spiro atoms. The molecule has 2 rings (SSSR count). The van der Waals surface area contributed by atoms with E-state index in [9.17, 15) is 4.79 Å². The first-order valence-corrected chi connectivity index (χ1v) is 4.56. The van der Waals surface area contributed by atoms with Gasteiger partial charge in [0.05, 0.1) is 0 Å². The highest BCUT2D eigenvalue weighted by atomic mass is 16.1. The molecule has 1 amide bonds. The molecule has 1 saturated carbocycles. The largest absolute Gasteiger partial charge is 0.273 e. The van der Waals surface area contributed by atoms with Gasteiger partial charge in [0.2, 0.25) is 5.91 Å². The maximum atomic E-state index is 11.0. The van der Waals surface area contributed by atoms with E-state index in [1.807, 2.05) is 0 Å². The molecule has 11 heavy (non-hydrogen) atoms. The first kappa shape index (κ1) is 7.14. The molecule has 1 heterocycles. The molecule has 2 fully saturated rings. The van der Waals surface area contributed by atoms with Crippen LogP contribution < -0.4 is 5.32 Å². The quantitative estimate of drug-likeness (QED) is 0.515. The van der Waals surface area contributed by atoms with E-state index >= 15 is 0 Å². The second kappa shape index (κ2) is 2.84. The van der Waals surface area contributed by atoms with Crippen molar-refractivity contribution in [2.24, 2.45) is 11.8 Å². The van der Waals surface area contributed by atoms with E-state index in [1.165, 1.54) is 25.7 Å². The normalized spacial score (nSPS) is 37.6. The van der Waals surface area contributed by atoms with Crippen molar-refractivity contribution in [2.45, 2.75) is 32.1 Å². The van der Waals surface area contributed by atoms with Crippen LogP contribution in [0.15, 0.2) is 0 Å². The van der Waals surface area contributed by atoms with Crippen LogP contribution in [-0.2, 0) is 4.79 Å². The third kappa shape index (κ3) is 1.39. The maximum absolute atomic E-state index is 11.0. The summed E-state index contributed by atoms with van der Waals surface area (Å²) in [6.45, 7) is 0.823. The summed E-state index contributed by atoms with van der Waals surface area (Å²) < 4.78 is 0. The molecular weight excluding hydrogens is 138 g/mol. The van der Waals surface area contributed by atoms with Gasteiger partial charge in [-0.25, -0.2) is 0 Å². The molecule has 0 aromatic rings. The molecule has 0 aromatic heterocycles.